The number of carbonyl (C=O) groups is 2. The Morgan fingerprint density at radius 2 is 1.62 bits per heavy atom. The number of methoxy groups -OCH3 is 1. The molecule has 4 aromatic rings. The Bertz CT molecular complexity index is 1560. The van der Waals surface area contributed by atoms with Crippen molar-refractivity contribution >= 4 is 45.5 Å². The van der Waals surface area contributed by atoms with Crippen LogP contribution in [0, 0.1) is 12.8 Å². The summed E-state index contributed by atoms with van der Waals surface area (Å²) in [6.07, 6.45) is 0. The molecule has 4 rings (SSSR count). The molecule has 2 unspecified atom stereocenters. The Morgan fingerprint density at radius 1 is 1.02 bits per heavy atom. The van der Waals surface area contributed by atoms with Gasteiger partial charge in [0.15, 0.2) is 5.76 Å². The largest absolute Gasteiger partial charge is 0.496 e. The lowest BCUT2D eigenvalue weighted by Crippen LogP contribution is -2.45. The molecular formula is C29H30N2O8S. The third-order valence-corrected chi connectivity index (χ3v) is 7.39. The molecule has 0 saturated heterocycles. The van der Waals surface area contributed by atoms with Crippen LogP contribution in [-0.4, -0.2) is 44.0 Å². The highest BCUT2D eigenvalue weighted by Crippen LogP contribution is 2.36. The van der Waals surface area contributed by atoms with E-state index in [1.165, 1.54) is 7.11 Å². The van der Waals surface area contributed by atoms with Crippen LogP contribution in [0.4, 0.5) is 11.4 Å². The number of benzene rings is 3. The van der Waals surface area contributed by atoms with E-state index in [0.29, 0.717) is 39.2 Å². The highest BCUT2D eigenvalue weighted by molar-refractivity contribution is 7.80. The van der Waals surface area contributed by atoms with Crippen LogP contribution < -0.4 is 14.4 Å². The number of anilines is 2. The lowest BCUT2D eigenvalue weighted by Gasteiger charge is -2.29. The highest BCUT2D eigenvalue weighted by Gasteiger charge is 2.32. The fourth-order valence-corrected chi connectivity index (χ4v) is 5.49. The molecule has 4 N–H and O–H groups in total. The van der Waals surface area contributed by atoms with Gasteiger partial charge in [0.05, 0.1) is 24.8 Å². The van der Waals surface area contributed by atoms with Gasteiger partial charge in [-0.25, -0.2) is 9.00 Å². The number of aryl methyl sites for hydroxylation is 1. The van der Waals surface area contributed by atoms with Gasteiger partial charge in [-0.05, 0) is 60.4 Å². The van der Waals surface area contributed by atoms with Crippen LogP contribution in [0.15, 0.2) is 65.1 Å². The van der Waals surface area contributed by atoms with Gasteiger partial charge >= 0.3 is 5.97 Å². The fourth-order valence-electron chi connectivity index (χ4n) is 4.66. The van der Waals surface area contributed by atoms with Gasteiger partial charge in [-0.1, -0.05) is 38.1 Å². The molecular weight excluding hydrogens is 536 g/mol. The average Bonchev–Trinajstić information content (AvgIpc) is 3.27. The third-order valence-electron chi connectivity index (χ3n) is 6.61. The van der Waals surface area contributed by atoms with Crippen molar-refractivity contribution in [3.63, 3.8) is 0 Å². The van der Waals surface area contributed by atoms with Crippen molar-refractivity contribution in [3.8, 4) is 16.9 Å². The zero-order valence-corrected chi connectivity index (χ0v) is 23.2. The second-order valence-electron chi connectivity index (χ2n) is 9.51. The molecule has 0 spiro atoms. The zero-order valence-electron chi connectivity index (χ0n) is 22.4. The monoisotopic (exact) mass is 566 g/mol. The van der Waals surface area contributed by atoms with E-state index in [4.69, 9.17) is 9.15 Å². The van der Waals surface area contributed by atoms with Crippen molar-refractivity contribution in [1.82, 2.24) is 0 Å². The summed E-state index contributed by atoms with van der Waals surface area (Å²) in [7, 11) is 1.50. The first-order valence-electron chi connectivity index (χ1n) is 12.4. The highest BCUT2D eigenvalue weighted by atomic mass is 32.2. The van der Waals surface area contributed by atoms with Crippen molar-refractivity contribution in [1.29, 1.82) is 0 Å². The number of nitrogens with zero attached hydrogens (tertiary/aromatic N) is 1. The van der Waals surface area contributed by atoms with Crippen molar-refractivity contribution in [3.05, 3.63) is 77.6 Å². The van der Waals surface area contributed by atoms with Crippen LogP contribution in [0.1, 0.15) is 35.5 Å². The van der Waals surface area contributed by atoms with E-state index in [-0.39, 0.29) is 12.4 Å². The molecule has 1 aromatic heterocycles. The number of amides is 1. The molecule has 40 heavy (non-hydrogen) atoms. The van der Waals surface area contributed by atoms with Crippen LogP contribution in [0.2, 0.25) is 0 Å². The minimum absolute atomic E-state index is 0.134. The maximum Gasteiger partial charge on any atom is 0.327 e. The SMILES string of the molecule is COc1c(CO)ccc2oc(C(=O)Nc3ccc(-c4ccc(N(C(C(=O)O)C(C)C)S(=O)O)cc4)cc3)c(C)c12. The summed E-state index contributed by atoms with van der Waals surface area (Å²) in [5.41, 5.74) is 4.12. The smallest absolute Gasteiger partial charge is 0.327 e. The number of rotatable bonds is 10. The molecule has 0 saturated carbocycles. The summed E-state index contributed by atoms with van der Waals surface area (Å²) >= 11 is -2.53. The van der Waals surface area contributed by atoms with E-state index in [1.54, 1.807) is 69.3 Å². The predicted octanol–water partition coefficient (Wildman–Crippen LogP) is 5.21. The van der Waals surface area contributed by atoms with Crippen molar-refractivity contribution in [2.45, 2.75) is 33.4 Å². The molecule has 0 aliphatic rings. The lowest BCUT2D eigenvalue weighted by atomic mass is 10.0. The molecule has 3 aromatic carbocycles. The van der Waals surface area contributed by atoms with Crippen molar-refractivity contribution in [2.75, 3.05) is 16.7 Å². The summed E-state index contributed by atoms with van der Waals surface area (Å²) in [6.45, 7) is 4.89. The van der Waals surface area contributed by atoms with Crippen molar-refractivity contribution in [2.24, 2.45) is 5.92 Å². The first-order chi connectivity index (χ1) is 19.1. The molecule has 10 nitrogen and oxygen atoms in total. The second-order valence-corrected chi connectivity index (χ2v) is 10.4. The van der Waals surface area contributed by atoms with Crippen LogP contribution in [0.5, 0.6) is 5.75 Å². The maximum atomic E-state index is 13.0. The Hall–Kier alpha value is -4.19. The predicted molar refractivity (Wildman–Crippen MR) is 153 cm³/mol. The zero-order chi connectivity index (χ0) is 29.1. The molecule has 0 aliphatic heterocycles. The van der Waals surface area contributed by atoms with Gasteiger partial charge < -0.3 is 24.7 Å². The Kier molecular flexibility index (Phi) is 8.58. The van der Waals surface area contributed by atoms with Gasteiger partial charge in [-0.3, -0.25) is 13.7 Å². The van der Waals surface area contributed by atoms with Gasteiger partial charge in [-0.15, -0.1) is 0 Å². The van der Waals surface area contributed by atoms with E-state index in [0.717, 1.165) is 15.4 Å². The number of hydrogen-bond donors (Lipinski definition) is 4. The van der Waals surface area contributed by atoms with Gasteiger partial charge in [0, 0.05) is 16.8 Å². The average molecular weight is 567 g/mol. The number of aliphatic hydroxyl groups excluding tert-OH is 1. The first-order valence-corrected chi connectivity index (χ1v) is 13.5. The van der Waals surface area contributed by atoms with E-state index in [1.807, 2.05) is 12.1 Å². The Balaban J connectivity index is 1.53. The number of hydrogen-bond acceptors (Lipinski definition) is 6. The van der Waals surface area contributed by atoms with Crippen LogP contribution >= 0.6 is 0 Å². The Morgan fingerprint density at radius 3 is 2.12 bits per heavy atom. The number of fused-ring (bicyclic) bond motifs is 1. The topological polar surface area (TPSA) is 150 Å². The molecule has 0 fully saturated rings. The number of furan rings is 1. The number of ether oxygens (including phenoxy) is 1. The summed E-state index contributed by atoms with van der Waals surface area (Å²) < 4.78 is 34.0. The number of aliphatic hydroxyl groups is 1. The van der Waals surface area contributed by atoms with Gasteiger partial charge in [0.2, 0.25) is 0 Å². The maximum absolute atomic E-state index is 13.0. The normalized spacial score (nSPS) is 12.8. The molecule has 0 aliphatic carbocycles. The van der Waals surface area contributed by atoms with Crippen LogP contribution in [0.25, 0.3) is 22.1 Å². The third kappa shape index (κ3) is 5.57. The molecule has 1 heterocycles. The summed E-state index contributed by atoms with van der Waals surface area (Å²) in [6, 6.07) is 15.9. The number of aliphatic carboxylic acids is 1. The second kappa shape index (κ2) is 11.9. The number of carboxylic acid groups (broad SMARTS) is 1. The van der Waals surface area contributed by atoms with Crippen LogP contribution in [0.3, 0.4) is 0 Å². The standard InChI is InChI=1S/C29H30N2O8S/c1-16(2)25(29(34)35)31(40(36)37)22-12-7-19(8-13-22)18-5-10-21(11-6-18)30-28(33)26-17(3)24-23(39-26)14-9-20(15-32)27(24)38-4/h5-14,16,25,32H,15H2,1-4H3,(H,30,33)(H,34,35)(H,36,37). The summed E-state index contributed by atoms with van der Waals surface area (Å²) in [4.78, 5) is 24.8. The quantitative estimate of drug-likeness (QED) is 0.191. The van der Waals surface area contributed by atoms with Gasteiger partial charge in [-0.2, -0.15) is 0 Å². The minimum Gasteiger partial charge on any atom is -0.496 e. The minimum atomic E-state index is -2.53. The Labute approximate surface area is 233 Å². The lowest BCUT2D eigenvalue weighted by molar-refractivity contribution is -0.139. The molecule has 2 atom stereocenters. The molecule has 1 amide bonds. The molecule has 0 radical (unpaired) electrons. The van der Waals surface area contributed by atoms with Crippen LogP contribution in [-0.2, 0) is 22.7 Å². The molecule has 0 bridgehead atoms. The molecule has 11 heteroatoms. The van der Waals surface area contributed by atoms with Gasteiger partial charge in [0.1, 0.15) is 17.4 Å². The van der Waals surface area contributed by atoms with E-state index in [2.05, 4.69) is 5.32 Å². The van der Waals surface area contributed by atoms with Crippen molar-refractivity contribution < 1.29 is 37.7 Å². The van der Waals surface area contributed by atoms with E-state index >= 15 is 0 Å². The molecule has 210 valence electrons. The first kappa shape index (κ1) is 28.8. The van der Waals surface area contributed by atoms with Gasteiger partial charge in [0.25, 0.3) is 17.2 Å². The fraction of sp³-hybridized carbons (Fsp3) is 0.241. The van der Waals surface area contributed by atoms with E-state index in [9.17, 15) is 28.6 Å². The van der Waals surface area contributed by atoms with E-state index < -0.39 is 35.1 Å². The number of carboxylic acids is 1. The number of nitrogens with one attached hydrogen (secondary N) is 1. The summed E-state index contributed by atoms with van der Waals surface area (Å²) in [5.74, 6) is -1.43. The summed E-state index contributed by atoms with van der Waals surface area (Å²) in [5, 5.41) is 22.6. The number of carbonyl (C=O) groups excluding carboxylic acids is 1.